The predicted octanol–water partition coefficient (Wildman–Crippen LogP) is 5.36. The largest absolute Gasteiger partial charge is 0.458 e. The van der Waals surface area contributed by atoms with Gasteiger partial charge in [-0.2, -0.15) is 0 Å². The quantitative estimate of drug-likeness (QED) is 0.203. The molecule has 0 amide bonds. The molecule has 10 heteroatoms. The van der Waals surface area contributed by atoms with Crippen LogP contribution in [0, 0.1) is 5.82 Å². The number of hydrogen-bond donors (Lipinski definition) is 2. The van der Waals surface area contributed by atoms with E-state index in [1.165, 1.54) is 18.2 Å². The summed E-state index contributed by atoms with van der Waals surface area (Å²) in [6.07, 6.45) is 8.37. The fraction of sp³-hybridized carbons (Fsp3) is 0.276. The van der Waals surface area contributed by atoms with Crippen LogP contribution in [-0.2, 0) is 18.3 Å². The van der Waals surface area contributed by atoms with Crippen molar-refractivity contribution in [3.63, 3.8) is 0 Å². The van der Waals surface area contributed by atoms with Gasteiger partial charge in [0.1, 0.15) is 30.4 Å². The molecule has 0 bridgehead atoms. The van der Waals surface area contributed by atoms with Gasteiger partial charge >= 0.3 is 5.97 Å². The molecule has 0 aliphatic heterocycles. The Balaban J connectivity index is 1.47. The first-order valence-corrected chi connectivity index (χ1v) is 13.0. The number of carbonyl (C=O) groups excluding carboxylic acids is 1. The van der Waals surface area contributed by atoms with E-state index in [1.807, 2.05) is 40.1 Å². The lowest BCUT2D eigenvalue weighted by Gasteiger charge is -2.18. The van der Waals surface area contributed by atoms with Crippen molar-refractivity contribution in [3.8, 4) is 11.4 Å². The third-order valence-corrected chi connectivity index (χ3v) is 6.23. The number of hydrogen-bond acceptors (Lipinski definition) is 7. The highest BCUT2D eigenvalue weighted by molar-refractivity contribution is 6.30. The number of aryl methyl sites for hydroxylation is 1. The Morgan fingerprint density at radius 2 is 2.00 bits per heavy atom. The number of rotatable bonds is 10. The standard InChI is InChI=1S/C29H31ClFN6O2/c1-18(2)24-16-34-27(23-12-22(30)7-8-25(23)31)36-28(24)35-26-9-10-32-14-21(26)15-33-13-19(3)39-29(38)20-6-5-11-37(4)17-20/h5-12,14,16-19,33H,13,15H2,1-4H3,(H,32,34,35,36)/q+1/t19-/m0/s1. The van der Waals surface area contributed by atoms with Crippen LogP contribution in [-0.4, -0.2) is 33.6 Å². The molecule has 2 N–H and O–H groups in total. The number of esters is 1. The van der Waals surface area contributed by atoms with Crippen LogP contribution < -0.4 is 15.2 Å². The summed E-state index contributed by atoms with van der Waals surface area (Å²) >= 11 is 6.09. The SMILES string of the molecule is CC(C)c1cnc(-c2cc(Cl)ccc2F)nc1Nc1ccncc1CNC[C@H](C)OC(=O)c1ccc[n+](C)c1. The normalized spacial score (nSPS) is 11.9. The highest BCUT2D eigenvalue weighted by atomic mass is 35.5. The van der Waals surface area contributed by atoms with Gasteiger partial charge in [-0.25, -0.2) is 23.7 Å². The van der Waals surface area contributed by atoms with Gasteiger partial charge in [0, 0.05) is 59.6 Å². The number of nitrogens with one attached hydrogen (secondary N) is 2. The second-order valence-electron chi connectivity index (χ2n) is 9.54. The van der Waals surface area contributed by atoms with Gasteiger partial charge in [-0.05, 0) is 43.2 Å². The summed E-state index contributed by atoms with van der Waals surface area (Å²) in [7, 11) is 1.85. The minimum atomic E-state index is -0.451. The highest BCUT2D eigenvalue weighted by Gasteiger charge is 2.17. The molecule has 0 fully saturated rings. The maximum absolute atomic E-state index is 14.5. The summed E-state index contributed by atoms with van der Waals surface area (Å²) in [5, 5.41) is 7.11. The molecule has 0 radical (unpaired) electrons. The first kappa shape index (κ1) is 28.1. The average Bonchev–Trinajstić information content (AvgIpc) is 2.91. The van der Waals surface area contributed by atoms with Crippen molar-refractivity contribution in [1.82, 2.24) is 20.3 Å². The van der Waals surface area contributed by atoms with Crippen molar-refractivity contribution < 1.29 is 18.5 Å². The zero-order valence-corrected chi connectivity index (χ0v) is 23.0. The second-order valence-corrected chi connectivity index (χ2v) is 9.98. The molecular weight excluding hydrogens is 519 g/mol. The molecule has 1 atom stereocenters. The molecule has 0 aliphatic rings. The third kappa shape index (κ3) is 7.34. The van der Waals surface area contributed by atoms with Gasteiger partial charge in [0.25, 0.3) is 0 Å². The van der Waals surface area contributed by atoms with Crippen molar-refractivity contribution in [2.45, 2.75) is 39.3 Å². The number of anilines is 2. The van der Waals surface area contributed by atoms with Crippen LogP contribution in [0.15, 0.2) is 67.4 Å². The van der Waals surface area contributed by atoms with Crippen LogP contribution >= 0.6 is 11.6 Å². The third-order valence-electron chi connectivity index (χ3n) is 6.00. The fourth-order valence-corrected chi connectivity index (χ4v) is 4.11. The fourth-order valence-electron chi connectivity index (χ4n) is 3.94. The maximum atomic E-state index is 14.5. The van der Waals surface area contributed by atoms with Crippen LogP contribution in [0.25, 0.3) is 11.4 Å². The lowest BCUT2D eigenvalue weighted by atomic mass is 10.1. The summed E-state index contributed by atoms with van der Waals surface area (Å²) in [4.78, 5) is 25.7. The predicted molar refractivity (Wildman–Crippen MR) is 148 cm³/mol. The molecule has 202 valence electrons. The topological polar surface area (TPSA) is 92.9 Å². The van der Waals surface area contributed by atoms with Gasteiger partial charge in [0.2, 0.25) is 0 Å². The summed E-state index contributed by atoms with van der Waals surface area (Å²) in [6.45, 7) is 6.83. The van der Waals surface area contributed by atoms with Crippen molar-refractivity contribution in [3.05, 3.63) is 94.9 Å². The summed E-state index contributed by atoms with van der Waals surface area (Å²) < 4.78 is 21.9. The maximum Gasteiger partial charge on any atom is 0.344 e. The number of pyridine rings is 2. The smallest absolute Gasteiger partial charge is 0.344 e. The van der Waals surface area contributed by atoms with Crippen molar-refractivity contribution in [1.29, 1.82) is 0 Å². The lowest BCUT2D eigenvalue weighted by Crippen LogP contribution is -2.31. The van der Waals surface area contributed by atoms with Gasteiger partial charge < -0.3 is 15.4 Å². The molecule has 3 heterocycles. The van der Waals surface area contributed by atoms with Crippen LogP contribution in [0.1, 0.15) is 48.2 Å². The molecule has 0 spiro atoms. The van der Waals surface area contributed by atoms with E-state index >= 15 is 0 Å². The average molecular weight is 550 g/mol. The van der Waals surface area contributed by atoms with Crippen molar-refractivity contribution in [2.75, 3.05) is 11.9 Å². The first-order valence-electron chi connectivity index (χ1n) is 12.6. The van der Waals surface area contributed by atoms with Crippen molar-refractivity contribution in [2.24, 2.45) is 7.05 Å². The van der Waals surface area contributed by atoms with Gasteiger partial charge in [0.15, 0.2) is 18.2 Å². The molecule has 0 aliphatic carbocycles. The Morgan fingerprint density at radius 1 is 1.18 bits per heavy atom. The minimum Gasteiger partial charge on any atom is -0.458 e. The molecule has 4 aromatic rings. The minimum absolute atomic E-state index is 0.122. The molecule has 39 heavy (non-hydrogen) atoms. The van der Waals surface area contributed by atoms with Crippen LogP contribution in [0.5, 0.6) is 0 Å². The Labute approximate surface area is 232 Å². The summed E-state index contributed by atoms with van der Waals surface area (Å²) in [5.74, 6) is 0.100. The van der Waals surface area contributed by atoms with E-state index in [-0.39, 0.29) is 29.4 Å². The second kappa shape index (κ2) is 12.7. The monoisotopic (exact) mass is 549 g/mol. The zero-order chi connectivity index (χ0) is 27.9. The molecule has 0 saturated carbocycles. The van der Waals surface area contributed by atoms with Crippen LogP contribution in [0.4, 0.5) is 15.9 Å². The lowest BCUT2D eigenvalue weighted by molar-refractivity contribution is -0.671. The van der Waals surface area contributed by atoms with E-state index in [2.05, 4.69) is 25.6 Å². The van der Waals surface area contributed by atoms with E-state index in [0.717, 1.165) is 16.8 Å². The van der Waals surface area contributed by atoms with Gasteiger partial charge in [0.05, 0.1) is 5.56 Å². The van der Waals surface area contributed by atoms with E-state index in [0.29, 0.717) is 29.5 Å². The Hall–Kier alpha value is -3.95. The van der Waals surface area contributed by atoms with Crippen LogP contribution in [0.2, 0.25) is 5.02 Å². The van der Waals surface area contributed by atoms with Gasteiger partial charge in [-0.1, -0.05) is 25.4 Å². The Morgan fingerprint density at radius 3 is 2.77 bits per heavy atom. The molecular formula is C29H31ClFN6O2+. The highest BCUT2D eigenvalue weighted by Crippen LogP contribution is 2.30. The van der Waals surface area contributed by atoms with E-state index < -0.39 is 5.82 Å². The molecule has 3 aromatic heterocycles. The van der Waals surface area contributed by atoms with E-state index in [9.17, 15) is 9.18 Å². The summed E-state index contributed by atoms with van der Waals surface area (Å²) in [6, 6.07) is 9.67. The Bertz CT molecular complexity index is 1470. The number of ether oxygens (including phenoxy) is 1. The number of benzene rings is 1. The van der Waals surface area contributed by atoms with Crippen LogP contribution in [0.3, 0.4) is 0 Å². The molecule has 1 aromatic carbocycles. The zero-order valence-electron chi connectivity index (χ0n) is 22.3. The molecule has 0 unspecified atom stereocenters. The Kier molecular flexibility index (Phi) is 9.16. The number of halogens is 2. The van der Waals surface area contributed by atoms with Crippen molar-refractivity contribution >= 4 is 29.1 Å². The van der Waals surface area contributed by atoms with E-state index in [1.54, 1.807) is 41.5 Å². The number of nitrogens with zero attached hydrogens (tertiary/aromatic N) is 4. The first-order chi connectivity index (χ1) is 18.7. The molecule has 8 nitrogen and oxygen atoms in total. The number of aromatic nitrogens is 4. The van der Waals surface area contributed by atoms with Gasteiger partial charge in [-0.3, -0.25) is 4.98 Å². The summed E-state index contributed by atoms with van der Waals surface area (Å²) in [5.41, 5.74) is 3.28. The van der Waals surface area contributed by atoms with E-state index in [4.69, 9.17) is 16.3 Å². The molecule has 0 saturated heterocycles. The van der Waals surface area contributed by atoms with Gasteiger partial charge in [-0.15, -0.1) is 0 Å². The molecule has 4 rings (SSSR count). The number of carbonyl (C=O) groups is 1.